The number of fused-ring (bicyclic) bond motifs is 1. The highest BCUT2D eigenvalue weighted by atomic mass is 16.6. The molecule has 6 heteroatoms. The van der Waals surface area contributed by atoms with Crippen molar-refractivity contribution in [2.45, 2.75) is 46.3 Å². The van der Waals surface area contributed by atoms with Crippen molar-refractivity contribution in [3.63, 3.8) is 0 Å². The summed E-state index contributed by atoms with van der Waals surface area (Å²) in [5.74, 6) is -1.53. The van der Waals surface area contributed by atoms with Crippen LogP contribution in [0, 0.1) is 16.7 Å². The van der Waals surface area contributed by atoms with E-state index < -0.39 is 34.9 Å². The van der Waals surface area contributed by atoms with Gasteiger partial charge < -0.3 is 14.2 Å². The van der Waals surface area contributed by atoms with Crippen LogP contribution in [0.1, 0.15) is 34.1 Å². The topological polar surface area (TPSA) is 78.9 Å². The molecule has 0 aromatic rings. The van der Waals surface area contributed by atoms with E-state index in [2.05, 4.69) is 0 Å². The van der Waals surface area contributed by atoms with E-state index in [9.17, 15) is 14.4 Å². The van der Waals surface area contributed by atoms with Gasteiger partial charge in [0.2, 0.25) is 0 Å². The number of ketones is 1. The predicted octanol–water partition coefficient (Wildman–Crippen LogP) is 1.11. The van der Waals surface area contributed by atoms with Crippen LogP contribution in [0.25, 0.3) is 0 Å². The molecule has 4 atom stereocenters. The lowest BCUT2D eigenvalue weighted by atomic mass is 9.78. The number of cyclic esters (lactones) is 1. The first-order valence-corrected chi connectivity index (χ1v) is 7.06. The maximum atomic E-state index is 12.2. The first-order valence-electron chi connectivity index (χ1n) is 7.06. The van der Waals surface area contributed by atoms with E-state index in [0.717, 1.165) is 0 Å². The lowest BCUT2D eigenvalue weighted by molar-refractivity contribution is -0.162. The molecule has 2 aliphatic rings. The molecule has 21 heavy (non-hydrogen) atoms. The molecule has 0 bridgehead atoms. The summed E-state index contributed by atoms with van der Waals surface area (Å²) >= 11 is 0. The third kappa shape index (κ3) is 2.46. The van der Waals surface area contributed by atoms with Gasteiger partial charge in [0.05, 0.1) is 17.4 Å². The number of methoxy groups -OCH3 is 1. The van der Waals surface area contributed by atoms with Crippen molar-refractivity contribution in [1.82, 2.24) is 0 Å². The van der Waals surface area contributed by atoms with Gasteiger partial charge in [-0.2, -0.15) is 0 Å². The minimum absolute atomic E-state index is 0.0768. The number of ether oxygens (including phenoxy) is 3. The smallest absolute Gasteiger partial charge is 0.315 e. The lowest BCUT2D eigenvalue weighted by Crippen LogP contribution is -2.39. The van der Waals surface area contributed by atoms with Crippen molar-refractivity contribution in [3.05, 3.63) is 0 Å². The molecule has 0 unspecified atom stereocenters. The maximum Gasteiger partial charge on any atom is 0.315 e. The summed E-state index contributed by atoms with van der Waals surface area (Å²) in [7, 11) is 1.48. The molecule has 118 valence electrons. The van der Waals surface area contributed by atoms with Gasteiger partial charge in [0, 0.05) is 13.5 Å². The molecule has 0 aromatic carbocycles. The molecular weight excluding hydrogens is 276 g/mol. The first kappa shape index (κ1) is 15.9. The van der Waals surface area contributed by atoms with Crippen molar-refractivity contribution >= 4 is 17.7 Å². The third-order valence-corrected chi connectivity index (χ3v) is 4.39. The predicted molar refractivity (Wildman–Crippen MR) is 72.3 cm³/mol. The van der Waals surface area contributed by atoms with Crippen molar-refractivity contribution < 1.29 is 28.6 Å². The van der Waals surface area contributed by atoms with Crippen LogP contribution < -0.4 is 0 Å². The molecular formula is C15H22O6. The number of rotatable bonds is 3. The molecule has 0 N–H and O–H groups in total. The Morgan fingerprint density at radius 3 is 2.52 bits per heavy atom. The SMILES string of the molecule is CO[C@H]1CC(=O)[C@@H]2[C@@H](COC(=O)C(C)(C)C)OC(=O)[C@]12C. The van der Waals surface area contributed by atoms with Gasteiger partial charge in [0.15, 0.2) is 0 Å². The molecule has 2 fully saturated rings. The number of esters is 2. The van der Waals surface area contributed by atoms with Crippen LogP contribution in [0.4, 0.5) is 0 Å². The second-order valence-electron chi connectivity index (χ2n) is 6.95. The van der Waals surface area contributed by atoms with Crippen LogP contribution in [0.5, 0.6) is 0 Å². The molecule has 6 nitrogen and oxygen atoms in total. The quantitative estimate of drug-likeness (QED) is 0.726. The zero-order valence-electron chi connectivity index (χ0n) is 13.1. The van der Waals surface area contributed by atoms with Gasteiger partial charge in [-0.05, 0) is 27.7 Å². The Bertz CT molecular complexity index is 477. The van der Waals surface area contributed by atoms with Gasteiger partial charge in [-0.3, -0.25) is 14.4 Å². The van der Waals surface area contributed by atoms with Crippen molar-refractivity contribution in [3.8, 4) is 0 Å². The van der Waals surface area contributed by atoms with E-state index in [0.29, 0.717) is 0 Å². The van der Waals surface area contributed by atoms with Gasteiger partial charge in [0.25, 0.3) is 0 Å². The Kier molecular flexibility index (Phi) is 3.86. The van der Waals surface area contributed by atoms with E-state index >= 15 is 0 Å². The molecule has 0 aromatic heterocycles. The highest BCUT2D eigenvalue weighted by Crippen LogP contribution is 2.50. The molecule has 1 aliphatic carbocycles. The third-order valence-electron chi connectivity index (χ3n) is 4.39. The van der Waals surface area contributed by atoms with E-state index in [1.54, 1.807) is 27.7 Å². The van der Waals surface area contributed by atoms with Crippen molar-refractivity contribution in [1.29, 1.82) is 0 Å². The van der Waals surface area contributed by atoms with Gasteiger partial charge in [0.1, 0.15) is 23.9 Å². The van der Waals surface area contributed by atoms with Gasteiger partial charge in [-0.25, -0.2) is 0 Å². The Hall–Kier alpha value is -1.43. The fraction of sp³-hybridized carbons (Fsp3) is 0.800. The average molecular weight is 298 g/mol. The normalized spacial score (nSPS) is 35.6. The van der Waals surface area contributed by atoms with Gasteiger partial charge >= 0.3 is 11.9 Å². The minimum atomic E-state index is -0.982. The van der Waals surface area contributed by atoms with Crippen LogP contribution in [0.15, 0.2) is 0 Å². The fourth-order valence-corrected chi connectivity index (χ4v) is 3.07. The Morgan fingerprint density at radius 2 is 2.00 bits per heavy atom. The van der Waals surface area contributed by atoms with Crippen LogP contribution in [-0.2, 0) is 28.6 Å². The van der Waals surface area contributed by atoms with E-state index in [-0.39, 0.29) is 24.8 Å². The number of carbonyl (C=O) groups excluding carboxylic acids is 3. The first-order chi connectivity index (χ1) is 9.62. The van der Waals surface area contributed by atoms with Crippen LogP contribution in [0.3, 0.4) is 0 Å². The number of Topliss-reactive ketones (excluding diaryl/α,β-unsaturated/α-hetero) is 1. The van der Waals surface area contributed by atoms with Crippen LogP contribution in [-0.4, -0.2) is 43.6 Å². The summed E-state index contributed by atoms with van der Waals surface area (Å²) in [6, 6.07) is 0. The molecule has 1 saturated carbocycles. The van der Waals surface area contributed by atoms with E-state index in [1.807, 2.05) is 0 Å². The average Bonchev–Trinajstić information content (AvgIpc) is 2.79. The second kappa shape index (κ2) is 5.09. The highest BCUT2D eigenvalue weighted by Gasteiger charge is 2.66. The molecule has 0 spiro atoms. The minimum Gasteiger partial charge on any atom is -0.461 e. The van der Waals surface area contributed by atoms with Crippen LogP contribution in [0.2, 0.25) is 0 Å². The summed E-state index contributed by atoms with van der Waals surface area (Å²) in [5, 5.41) is 0. The number of carbonyl (C=O) groups is 3. The van der Waals surface area contributed by atoms with Crippen molar-refractivity contribution in [2.75, 3.05) is 13.7 Å². The summed E-state index contributed by atoms with van der Waals surface area (Å²) in [5.41, 5.74) is -1.62. The van der Waals surface area contributed by atoms with Crippen LogP contribution >= 0.6 is 0 Å². The summed E-state index contributed by atoms with van der Waals surface area (Å²) < 4.78 is 15.7. The molecule has 2 rings (SSSR count). The Balaban J connectivity index is 2.12. The van der Waals surface area contributed by atoms with Gasteiger partial charge in [-0.15, -0.1) is 0 Å². The van der Waals surface area contributed by atoms with E-state index in [1.165, 1.54) is 7.11 Å². The molecule has 1 aliphatic heterocycles. The maximum absolute atomic E-state index is 12.2. The van der Waals surface area contributed by atoms with E-state index in [4.69, 9.17) is 14.2 Å². The number of hydrogen-bond donors (Lipinski definition) is 0. The second-order valence-corrected chi connectivity index (χ2v) is 6.95. The Labute approximate surface area is 124 Å². The highest BCUT2D eigenvalue weighted by molar-refractivity contribution is 5.97. The fourth-order valence-electron chi connectivity index (χ4n) is 3.07. The molecule has 0 radical (unpaired) electrons. The zero-order chi connectivity index (χ0) is 16.0. The largest absolute Gasteiger partial charge is 0.461 e. The molecule has 1 saturated heterocycles. The van der Waals surface area contributed by atoms with Gasteiger partial charge in [-0.1, -0.05) is 0 Å². The lowest BCUT2D eigenvalue weighted by Gasteiger charge is -2.25. The van der Waals surface area contributed by atoms with Crippen molar-refractivity contribution in [2.24, 2.45) is 16.7 Å². The summed E-state index contributed by atoms with van der Waals surface area (Å²) in [6.45, 7) is 6.81. The number of hydrogen-bond acceptors (Lipinski definition) is 6. The zero-order valence-corrected chi connectivity index (χ0v) is 13.1. The summed E-state index contributed by atoms with van der Waals surface area (Å²) in [4.78, 5) is 36.1. The summed E-state index contributed by atoms with van der Waals surface area (Å²) in [6.07, 6.45) is -1.01. The monoisotopic (exact) mass is 298 g/mol. The standard InChI is InChI=1S/C15H22O6/c1-14(2,3)12(17)20-7-9-11-8(16)6-10(19-5)15(11,4)13(18)21-9/h9-11H,6-7H2,1-5H3/t9-,10+,11-,15-/m1/s1. The molecule has 1 heterocycles. The molecule has 0 amide bonds. The Morgan fingerprint density at radius 1 is 1.38 bits per heavy atom.